The zero-order valence-electron chi connectivity index (χ0n) is 13.9. The number of hydrogen-bond donors (Lipinski definition) is 1. The summed E-state index contributed by atoms with van der Waals surface area (Å²) in [4.78, 5) is 4.11. The molecule has 0 saturated carbocycles. The molecule has 6 heteroatoms. The molecule has 3 rings (SSSR count). The molecule has 5 nitrogen and oxygen atoms in total. The van der Waals surface area contributed by atoms with Crippen LogP contribution in [0, 0.1) is 4.77 Å². The molecule has 3 aromatic rings. The molecule has 0 saturated heterocycles. The van der Waals surface area contributed by atoms with Crippen LogP contribution < -0.4 is 0 Å². The molecule has 2 aromatic heterocycles. The number of pyridine rings is 1. The fraction of sp³-hybridized carbons (Fsp3) is 0.222. The average Bonchev–Trinajstić information content (AvgIpc) is 2.94. The molecule has 0 aliphatic heterocycles. The molecule has 0 radical (unpaired) electrons. The molecule has 0 amide bonds. The predicted octanol–water partition coefficient (Wildman–Crippen LogP) is 4.18. The van der Waals surface area contributed by atoms with Gasteiger partial charge in [-0.2, -0.15) is 14.9 Å². The summed E-state index contributed by atoms with van der Waals surface area (Å²) in [5.74, 6) is 0.635. The number of aromatic nitrogens is 4. The summed E-state index contributed by atoms with van der Waals surface area (Å²) in [6.45, 7) is 6.59. The van der Waals surface area contributed by atoms with E-state index in [0.717, 1.165) is 11.1 Å². The van der Waals surface area contributed by atoms with Crippen molar-refractivity contribution in [1.82, 2.24) is 19.9 Å². The van der Waals surface area contributed by atoms with Crippen molar-refractivity contribution < 1.29 is 0 Å². The van der Waals surface area contributed by atoms with Gasteiger partial charge in [-0.25, -0.2) is 5.10 Å². The monoisotopic (exact) mass is 337 g/mol. The molecule has 24 heavy (non-hydrogen) atoms. The molecule has 0 aliphatic rings. The normalized spacial score (nSPS) is 12.0. The Bertz CT molecular complexity index is 899. The molecule has 0 bridgehead atoms. The Balaban J connectivity index is 1.91. The average molecular weight is 337 g/mol. The second kappa shape index (κ2) is 6.49. The van der Waals surface area contributed by atoms with Crippen molar-refractivity contribution in [2.45, 2.75) is 26.2 Å². The van der Waals surface area contributed by atoms with Gasteiger partial charge in [0.25, 0.3) is 0 Å². The van der Waals surface area contributed by atoms with Crippen LogP contribution in [0.25, 0.3) is 11.4 Å². The van der Waals surface area contributed by atoms with E-state index >= 15 is 0 Å². The van der Waals surface area contributed by atoms with Crippen LogP contribution in [0.1, 0.15) is 31.9 Å². The minimum Gasteiger partial charge on any atom is -0.264 e. The number of benzene rings is 1. The number of nitrogens with zero attached hydrogens (tertiary/aromatic N) is 4. The van der Waals surface area contributed by atoms with Gasteiger partial charge < -0.3 is 0 Å². The largest absolute Gasteiger partial charge is 0.264 e. The molecule has 0 atom stereocenters. The third-order valence-electron chi connectivity index (χ3n) is 3.67. The van der Waals surface area contributed by atoms with Crippen molar-refractivity contribution >= 4 is 18.4 Å². The van der Waals surface area contributed by atoms with Gasteiger partial charge in [-0.05, 0) is 40.9 Å². The molecular formula is C18H19N5S. The third kappa shape index (κ3) is 3.49. The van der Waals surface area contributed by atoms with Gasteiger partial charge in [0, 0.05) is 18.0 Å². The van der Waals surface area contributed by atoms with Crippen LogP contribution in [-0.2, 0) is 5.41 Å². The van der Waals surface area contributed by atoms with Gasteiger partial charge in [0.1, 0.15) is 0 Å². The quantitative estimate of drug-likeness (QED) is 0.576. The fourth-order valence-electron chi connectivity index (χ4n) is 2.27. The Morgan fingerprint density at radius 3 is 2.54 bits per heavy atom. The zero-order valence-corrected chi connectivity index (χ0v) is 14.7. The van der Waals surface area contributed by atoms with Gasteiger partial charge in [0.15, 0.2) is 5.82 Å². The van der Waals surface area contributed by atoms with Gasteiger partial charge in [-0.3, -0.25) is 4.98 Å². The lowest BCUT2D eigenvalue weighted by Gasteiger charge is -2.18. The Morgan fingerprint density at radius 1 is 1.17 bits per heavy atom. The summed E-state index contributed by atoms with van der Waals surface area (Å²) in [7, 11) is 0. The SMILES string of the molecule is CC(C)(C)c1ccc(/C=N\n2c(-c3cccnc3)n[nH]c2=S)cc1. The minimum absolute atomic E-state index is 0.135. The third-order valence-corrected chi connectivity index (χ3v) is 3.93. The van der Waals surface area contributed by atoms with E-state index in [9.17, 15) is 0 Å². The Hall–Kier alpha value is -2.60. The summed E-state index contributed by atoms with van der Waals surface area (Å²) < 4.78 is 2.04. The zero-order chi connectivity index (χ0) is 17.2. The summed E-state index contributed by atoms with van der Waals surface area (Å²) >= 11 is 5.27. The van der Waals surface area contributed by atoms with Gasteiger partial charge >= 0.3 is 0 Å². The number of nitrogens with one attached hydrogen (secondary N) is 1. The first kappa shape index (κ1) is 16.3. The van der Waals surface area contributed by atoms with Crippen LogP contribution >= 0.6 is 12.2 Å². The summed E-state index contributed by atoms with van der Waals surface area (Å²) in [6.07, 6.45) is 5.22. The summed E-state index contributed by atoms with van der Waals surface area (Å²) in [6, 6.07) is 12.1. The Labute approximate surface area is 146 Å². The highest BCUT2D eigenvalue weighted by atomic mass is 32.1. The van der Waals surface area contributed by atoms with Gasteiger partial charge in [0.2, 0.25) is 4.77 Å². The Kier molecular flexibility index (Phi) is 4.40. The van der Waals surface area contributed by atoms with Crippen molar-refractivity contribution in [2.75, 3.05) is 0 Å². The topological polar surface area (TPSA) is 58.9 Å². The maximum Gasteiger partial charge on any atom is 0.216 e. The molecule has 0 spiro atoms. The van der Waals surface area contributed by atoms with Crippen LogP contribution in [0.4, 0.5) is 0 Å². The molecular weight excluding hydrogens is 318 g/mol. The van der Waals surface area contributed by atoms with Crippen LogP contribution in [-0.4, -0.2) is 26.1 Å². The van der Waals surface area contributed by atoms with Crippen molar-refractivity contribution in [2.24, 2.45) is 5.10 Å². The first-order valence-corrected chi connectivity index (χ1v) is 8.09. The number of hydrogen-bond acceptors (Lipinski definition) is 4. The highest BCUT2D eigenvalue weighted by molar-refractivity contribution is 7.71. The smallest absolute Gasteiger partial charge is 0.216 e. The molecule has 2 heterocycles. The first-order valence-electron chi connectivity index (χ1n) is 7.68. The second-order valence-corrected chi connectivity index (χ2v) is 6.91. The maximum atomic E-state index is 5.27. The Morgan fingerprint density at radius 2 is 1.92 bits per heavy atom. The summed E-state index contributed by atoms with van der Waals surface area (Å²) in [5.41, 5.74) is 3.28. The van der Waals surface area contributed by atoms with Crippen molar-refractivity contribution in [3.8, 4) is 11.4 Å². The molecule has 0 fully saturated rings. The first-order chi connectivity index (χ1) is 11.4. The number of H-pyrrole nitrogens is 1. The minimum atomic E-state index is 0.135. The lowest BCUT2D eigenvalue weighted by atomic mass is 9.87. The van der Waals surface area contributed by atoms with Crippen LogP contribution in [0.5, 0.6) is 0 Å². The second-order valence-electron chi connectivity index (χ2n) is 6.52. The van der Waals surface area contributed by atoms with Crippen molar-refractivity contribution in [1.29, 1.82) is 0 Å². The lowest BCUT2D eigenvalue weighted by Crippen LogP contribution is -2.10. The molecule has 0 unspecified atom stereocenters. The highest BCUT2D eigenvalue weighted by Gasteiger charge is 2.12. The van der Waals surface area contributed by atoms with E-state index in [-0.39, 0.29) is 5.41 Å². The van der Waals surface area contributed by atoms with Crippen LogP contribution in [0.2, 0.25) is 0 Å². The van der Waals surface area contributed by atoms with Crippen LogP contribution in [0.15, 0.2) is 53.9 Å². The predicted molar refractivity (Wildman–Crippen MR) is 98.8 cm³/mol. The van der Waals surface area contributed by atoms with Gasteiger partial charge in [0.05, 0.1) is 6.21 Å². The number of rotatable bonds is 3. The van der Waals surface area contributed by atoms with Crippen LogP contribution in [0.3, 0.4) is 0 Å². The maximum absolute atomic E-state index is 5.27. The number of aromatic amines is 1. The van der Waals surface area contributed by atoms with Crippen molar-refractivity contribution in [3.63, 3.8) is 0 Å². The summed E-state index contributed by atoms with van der Waals surface area (Å²) in [5, 5.41) is 11.5. The van der Waals surface area contributed by atoms with Crippen molar-refractivity contribution in [3.05, 3.63) is 64.7 Å². The van der Waals surface area contributed by atoms with E-state index in [0.29, 0.717) is 10.6 Å². The van der Waals surface area contributed by atoms with Gasteiger partial charge in [-0.1, -0.05) is 45.0 Å². The fourth-order valence-corrected chi connectivity index (χ4v) is 2.45. The molecule has 122 valence electrons. The van der Waals surface area contributed by atoms with E-state index in [1.54, 1.807) is 23.3 Å². The molecule has 1 aromatic carbocycles. The van der Waals surface area contributed by atoms with E-state index in [2.05, 4.69) is 65.3 Å². The van der Waals surface area contributed by atoms with Gasteiger partial charge in [-0.15, -0.1) is 0 Å². The van der Waals surface area contributed by atoms with E-state index in [4.69, 9.17) is 12.2 Å². The molecule has 0 aliphatic carbocycles. The standard InChI is InChI=1S/C18H19N5S/c1-18(2,3)15-8-6-13(7-9-15)11-20-23-16(21-22-17(23)24)14-5-4-10-19-12-14/h4-12H,1-3H3,(H,22,24)/b20-11-. The van der Waals surface area contributed by atoms with E-state index in [1.165, 1.54) is 5.56 Å². The van der Waals surface area contributed by atoms with E-state index < -0.39 is 0 Å². The molecule has 1 N–H and O–H groups in total. The lowest BCUT2D eigenvalue weighted by molar-refractivity contribution is 0.590. The highest BCUT2D eigenvalue weighted by Crippen LogP contribution is 2.22. The van der Waals surface area contributed by atoms with E-state index in [1.807, 2.05) is 12.1 Å².